The van der Waals surface area contributed by atoms with Gasteiger partial charge in [-0.3, -0.25) is 0 Å². The molecule has 0 amide bonds. The Morgan fingerprint density at radius 1 is 1.42 bits per heavy atom. The van der Waals surface area contributed by atoms with Crippen molar-refractivity contribution in [3.8, 4) is 0 Å². The van der Waals surface area contributed by atoms with Gasteiger partial charge in [0.1, 0.15) is 0 Å². The summed E-state index contributed by atoms with van der Waals surface area (Å²) in [5.74, 6) is 0.815. The van der Waals surface area contributed by atoms with Crippen LogP contribution in [-0.4, -0.2) is 0 Å². The minimum absolute atomic E-state index is 0.815. The minimum atomic E-state index is 0.815. The molecule has 0 N–H and O–H groups in total. The van der Waals surface area contributed by atoms with E-state index in [1.165, 1.54) is 38.5 Å². The Balaban J connectivity index is 2.57. The molecular weight excluding hydrogens is 144 g/mol. The molecule has 0 heterocycles. The normalized spacial score (nSPS) is 28.4. The molecule has 12 heavy (non-hydrogen) atoms. The Hall–Kier alpha value is -0.520. The first-order valence-electron chi connectivity index (χ1n) is 5.14. The summed E-state index contributed by atoms with van der Waals surface area (Å²) in [4.78, 5) is 0. The molecule has 0 aromatic carbocycles. The quantitative estimate of drug-likeness (QED) is 0.426. The van der Waals surface area contributed by atoms with Crippen molar-refractivity contribution in [3.63, 3.8) is 0 Å². The predicted octanol–water partition coefficient (Wildman–Crippen LogP) is 4.09. The molecule has 1 fully saturated rings. The summed E-state index contributed by atoms with van der Waals surface area (Å²) in [5, 5.41) is 0. The van der Waals surface area contributed by atoms with Crippen molar-refractivity contribution in [3.05, 3.63) is 24.3 Å². The van der Waals surface area contributed by atoms with Gasteiger partial charge in [-0.1, -0.05) is 30.6 Å². The van der Waals surface area contributed by atoms with Crippen molar-refractivity contribution in [2.24, 2.45) is 5.92 Å². The van der Waals surface area contributed by atoms with Crippen LogP contribution < -0.4 is 0 Å². The van der Waals surface area contributed by atoms with Crippen molar-refractivity contribution in [1.82, 2.24) is 0 Å². The van der Waals surface area contributed by atoms with Gasteiger partial charge >= 0.3 is 0 Å². The summed E-state index contributed by atoms with van der Waals surface area (Å²) in [5.41, 5.74) is 1.67. The zero-order valence-electron chi connectivity index (χ0n) is 8.18. The lowest BCUT2D eigenvalue weighted by molar-refractivity contribution is 0.555. The number of hydrogen-bond donors (Lipinski definition) is 0. The van der Waals surface area contributed by atoms with Crippen LogP contribution in [0.15, 0.2) is 24.3 Å². The van der Waals surface area contributed by atoms with Gasteiger partial charge in [0.05, 0.1) is 0 Å². The minimum Gasteiger partial charge on any atom is -0.103 e. The molecule has 1 atom stereocenters. The Morgan fingerprint density at radius 3 is 2.92 bits per heavy atom. The van der Waals surface area contributed by atoms with Crippen LogP contribution in [0.5, 0.6) is 0 Å². The molecule has 0 nitrogen and oxygen atoms in total. The van der Waals surface area contributed by atoms with Gasteiger partial charge in [-0.25, -0.2) is 0 Å². The summed E-state index contributed by atoms with van der Waals surface area (Å²) < 4.78 is 0. The molecule has 0 aliphatic heterocycles. The maximum Gasteiger partial charge on any atom is -0.0169 e. The summed E-state index contributed by atoms with van der Waals surface area (Å²) in [7, 11) is 0. The van der Waals surface area contributed by atoms with Crippen molar-refractivity contribution < 1.29 is 0 Å². The molecule has 0 aromatic heterocycles. The average molecular weight is 164 g/mol. The van der Waals surface area contributed by atoms with Crippen LogP contribution in [0, 0.1) is 5.92 Å². The van der Waals surface area contributed by atoms with E-state index in [4.69, 9.17) is 0 Å². The highest BCUT2D eigenvalue weighted by Crippen LogP contribution is 2.30. The molecular formula is C12H20. The van der Waals surface area contributed by atoms with E-state index in [9.17, 15) is 0 Å². The highest BCUT2D eigenvalue weighted by atomic mass is 14.2. The van der Waals surface area contributed by atoms with E-state index in [0.717, 1.165) is 5.92 Å². The fraction of sp³-hybridized carbons (Fsp3) is 0.667. The molecule has 0 aromatic rings. The number of rotatable bonds is 2. The van der Waals surface area contributed by atoms with Crippen LogP contribution in [0.4, 0.5) is 0 Å². The Bertz CT molecular complexity index is 165. The second-order valence-corrected chi connectivity index (χ2v) is 3.68. The Labute approximate surface area is 76.4 Å². The van der Waals surface area contributed by atoms with Crippen molar-refractivity contribution in [1.29, 1.82) is 0 Å². The standard InChI is InChI=1S/C12H20/c1-3-8-12-10-7-5-6-9-11(12)4-2/h3-4,12H,1,5-10H2,2H3. The second kappa shape index (κ2) is 5.18. The molecule has 1 rings (SSSR count). The van der Waals surface area contributed by atoms with Crippen LogP contribution in [0.1, 0.15) is 45.4 Å². The smallest absolute Gasteiger partial charge is 0.0169 e. The summed E-state index contributed by atoms with van der Waals surface area (Å²) in [6.45, 7) is 6.00. The highest BCUT2D eigenvalue weighted by Gasteiger charge is 2.14. The third kappa shape index (κ3) is 2.51. The molecule has 1 saturated carbocycles. The van der Waals surface area contributed by atoms with E-state index in [1.807, 2.05) is 0 Å². The third-order valence-corrected chi connectivity index (χ3v) is 2.86. The van der Waals surface area contributed by atoms with Gasteiger partial charge in [-0.2, -0.15) is 0 Å². The van der Waals surface area contributed by atoms with Gasteiger partial charge in [0.25, 0.3) is 0 Å². The van der Waals surface area contributed by atoms with Crippen molar-refractivity contribution >= 4 is 0 Å². The molecule has 0 heteroatoms. The van der Waals surface area contributed by atoms with Crippen LogP contribution in [-0.2, 0) is 0 Å². The largest absolute Gasteiger partial charge is 0.103 e. The van der Waals surface area contributed by atoms with Crippen molar-refractivity contribution in [2.45, 2.75) is 45.4 Å². The third-order valence-electron chi connectivity index (χ3n) is 2.86. The van der Waals surface area contributed by atoms with Gasteiger partial charge < -0.3 is 0 Å². The Kier molecular flexibility index (Phi) is 4.13. The zero-order valence-corrected chi connectivity index (χ0v) is 8.18. The van der Waals surface area contributed by atoms with Gasteiger partial charge in [0, 0.05) is 0 Å². The van der Waals surface area contributed by atoms with Crippen LogP contribution in [0.25, 0.3) is 0 Å². The van der Waals surface area contributed by atoms with Gasteiger partial charge in [-0.15, -0.1) is 6.58 Å². The summed E-state index contributed by atoms with van der Waals surface area (Å²) in [6.07, 6.45) is 12.5. The van der Waals surface area contributed by atoms with Crippen LogP contribution in [0.3, 0.4) is 0 Å². The van der Waals surface area contributed by atoms with E-state index >= 15 is 0 Å². The number of hydrogen-bond acceptors (Lipinski definition) is 0. The van der Waals surface area contributed by atoms with Gasteiger partial charge in [-0.05, 0) is 38.5 Å². The zero-order chi connectivity index (χ0) is 8.81. The van der Waals surface area contributed by atoms with Gasteiger partial charge in [0.2, 0.25) is 0 Å². The molecule has 0 radical (unpaired) electrons. The first kappa shape index (κ1) is 9.57. The van der Waals surface area contributed by atoms with E-state index < -0.39 is 0 Å². The van der Waals surface area contributed by atoms with Crippen LogP contribution in [0.2, 0.25) is 0 Å². The molecule has 1 aliphatic carbocycles. The summed E-state index contributed by atoms with van der Waals surface area (Å²) in [6, 6.07) is 0. The lowest BCUT2D eigenvalue weighted by atomic mass is 9.91. The summed E-state index contributed by atoms with van der Waals surface area (Å²) >= 11 is 0. The average Bonchev–Trinajstić information content (AvgIpc) is 2.30. The second-order valence-electron chi connectivity index (χ2n) is 3.68. The SMILES string of the molecule is C=CCC1CCCCCC1=CC. The topological polar surface area (TPSA) is 0 Å². The molecule has 0 spiro atoms. The Morgan fingerprint density at radius 2 is 2.25 bits per heavy atom. The highest BCUT2D eigenvalue weighted by molar-refractivity contribution is 5.08. The number of allylic oxidation sites excluding steroid dienone is 3. The predicted molar refractivity (Wildman–Crippen MR) is 55.1 cm³/mol. The van der Waals surface area contributed by atoms with Crippen molar-refractivity contribution in [2.75, 3.05) is 0 Å². The monoisotopic (exact) mass is 164 g/mol. The molecule has 68 valence electrons. The van der Waals surface area contributed by atoms with E-state index in [-0.39, 0.29) is 0 Å². The molecule has 0 saturated heterocycles. The maximum atomic E-state index is 3.83. The molecule has 0 bridgehead atoms. The van der Waals surface area contributed by atoms with E-state index in [0.29, 0.717) is 0 Å². The van der Waals surface area contributed by atoms with E-state index in [2.05, 4.69) is 25.7 Å². The first-order valence-corrected chi connectivity index (χ1v) is 5.14. The fourth-order valence-electron chi connectivity index (χ4n) is 2.14. The van der Waals surface area contributed by atoms with Gasteiger partial charge in [0.15, 0.2) is 0 Å². The lowest BCUT2D eigenvalue weighted by Gasteiger charge is -2.14. The fourth-order valence-corrected chi connectivity index (χ4v) is 2.14. The van der Waals surface area contributed by atoms with Crippen LogP contribution >= 0.6 is 0 Å². The maximum absolute atomic E-state index is 3.83. The first-order chi connectivity index (χ1) is 5.88. The van der Waals surface area contributed by atoms with E-state index in [1.54, 1.807) is 5.57 Å². The molecule has 1 aliphatic rings. The lowest BCUT2D eigenvalue weighted by Crippen LogP contribution is -2.00. The molecule has 1 unspecified atom stereocenters.